The molecule has 24 heavy (non-hydrogen) atoms. The summed E-state index contributed by atoms with van der Waals surface area (Å²) < 4.78 is 21.7. The predicted octanol–water partition coefficient (Wildman–Crippen LogP) is 1.17. The van der Waals surface area contributed by atoms with Crippen LogP contribution in [0.15, 0.2) is 30.3 Å². The largest absolute Gasteiger partial charge is 0.455 e. The Morgan fingerprint density at radius 1 is 1.08 bits per heavy atom. The average molecular weight is 338 g/mol. The molecule has 132 valence electrons. The van der Waals surface area contributed by atoms with Crippen molar-refractivity contribution in [3.63, 3.8) is 0 Å². The van der Waals surface area contributed by atoms with Crippen LogP contribution in [0.5, 0.6) is 0 Å². The van der Waals surface area contributed by atoms with E-state index in [-0.39, 0.29) is 6.61 Å². The average Bonchev–Trinajstić information content (AvgIpc) is 2.53. The fourth-order valence-corrected chi connectivity index (χ4v) is 2.52. The van der Waals surface area contributed by atoms with Gasteiger partial charge in [-0.05, 0) is 12.5 Å². The Labute approximate surface area is 140 Å². The van der Waals surface area contributed by atoms with Crippen LogP contribution in [0.25, 0.3) is 0 Å². The first-order valence-electron chi connectivity index (χ1n) is 7.72. The number of aliphatic hydroxyl groups excluding tert-OH is 1. The summed E-state index contributed by atoms with van der Waals surface area (Å²) in [5.41, 5.74) is 0.908. The van der Waals surface area contributed by atoms with Crippen molar-refractivity contribution < 1.29 is 33.6 Å². The quantitative estimate of drug-likeness (QED) is 0.806. The standard InChI is InChI=1S/C17H22O7/c1-10-14(20)15(23-11(2)18)16(24-12(3)19)17(22-10)21-9-13-7-5-4-6-8-13/h4-8,10,14-17,20H,9H2,1-3H3/t10-,14-,15+,16+,17+/m0/s1. The minimum atomic E-state index is -1.13. The van der Waals surface area contributed by atoms with E-state index in [0.717, 1.165) is 5.56 Å². The summed E-state index contributed by atoms with van der Waals surface area (Å²) in [5.74, 6) is -1.18. The lowest BCUT2D eigenvalue weighted by Gasteiger charge is -2.42. The van der Waals surface area contributed by atoms with Crippen molar-refractivity contribution in [1.29, 1.82) is 0 Å². The van der Waals surface area contributed by atoms with Crippen LogP contribution in [0.2, 0.25) is 0 Å². The molecular weight excluding hydrogens is 316 g/mol. The number of hydrogen-bond acceptors (Lipinski definition) is 7. The van der Waals surface area contributed by atoms with Gasteiger partial charge in [-0.25, -0.2) is 0 Å². The zero-order valence-corrected chi connectivity index (χ0v) is 13.9. The minimum absolute atomic E-state index is 0.221. The molecule has 1 aromatic rings. The molecule has 5 atom stereocenters. The summed E-state index contributed by atoms with van der Waals surface area (Å²) in [6, 6.07) is 9.39. The Kier molecular flexibility index (Phi) is 6.30. The Bertz CT molecular complexity index is 559. The Morgan fingerprint density at radius 2 is 1.67 bits per heavy atom. The summed E-state index contributed by atoms with van der Waals surface area (Å²) in [6.07, 6.45) is -4.86. The molecule has 0 radical (unpaired) electrons. The first-order valence-corrected chi connectivity index (χ1v) is 7.72. The Morgan fingerprint density at radius 3 is 2.25 bits per heavy atom. The molecule has 0 bridgehead atoms. The topological polar surface area (TPSA) is 91.3 Å². The summed E-state index contributed by atoms with van der Waals surface area (Å²) in [6.45, 7) is 4.30. The number of rotatable bonds is 5. The van der Waals surface area contributed by atoms with E-state index >= 15 is 0 Å². The highest BCUT2D eigenvalue weighted by atomic mass is 16.7. The lowest BCUT2D eigenvalue weighted by Crippen LogP contribution is -2.60. The van der Waals surface area contributed by atoms with Crippen molar-refractivity contribution >= 4 is 11.9 Å². The van der Waals surface area contributed by atoms with Gasteiger partial charge < -0.3 is 24.1 Å². The van der Waals surface area contributed by atoms with Gasteiger partial charge in [0.1, 0.15) is 6.10 Å². The van der Waals surface area contributed by atoms with Crippen LogP contribution >= 0.6 is 0 Å². The number of benzene rings is 1. The predicted molar refractivity (Wildman–Crippen MR) is 82.7 cm³/mol. The Balaban J connectivity index is 2.15. The number of aliphatic hydroxyl groups is 1. The molecule has 2 rings (SSSR count). The molecule has 0 saturated carbocycles. The molecule has 0 aromatic heterocycles. The maximum absolute atomic E-state index is 11.4. The van der Waals surface area contributed by atoms with Crippen molar-refractivity contribution in [2.45, 2.75) is 58.1 Å². The van der Waals surface area contributed by atoms with Gasteiger partial charge in [-0.15, -0.1) is 0 Å². The lowest BCUT2D eigenvalue weighted by atomic mass is 9.99. The van der Waals surface area contributed by atoms with E-state index in [4.69, 9.17) is 18.9 Å². The Hall–Kier alpha value is -1.96. The third kappa shape index (κ3) is 4.77. The van der Waals surface area contributed by atoms with Crippen LogP contribution in [0.1, 0.15) is 26.3 Å². The zero-order valence-electron chi connectivity index (χ0n) is 13.9. The second-order valence-electron chi connectivity index (χ2n) is 5.64. The van der Waals surface area contributed by atoms with Gasteiger partial charge in [0.25, 0.3) is 0 Å². The van der Waals surface area contributed by atoms with Crippen molar-refractivity contribution in [3.8, 4) is 0 Å². The van der Waals surface area contributed by atoms with Crippen LogP contribution < -0.4 is 0 Å². The number of ether oxygens (including phenoxy) is 4. The smallest absolute Gasteiger partial charge is 0.303 e. The fraction of sp³-hybridized carbons (Fsp3) is 0.529. The van der Waals surface area contributed by atoms with E-state index in [1.165, 1.54) is 13.8 Å². The molecule has 1 N–H and O–H groups in total. The molecule has 0 amide bonds. The molecule has 7 nitrogen and oxygen atoms in total. The first kappa shape index (κ1) is 18.4. The van der Waals surface area contributed by atoms with Crippen LogP contribution in [-0.4, -0.2) is 47.8 Å². The monoisotopic (exact) mass is 338 g/mol. The van der Waals surface area contributed by atoms with E-state index in [1.54, 1.807) is 6.92 Å². The highest BCUT2D eigenvalue weighted by molar-refractivity contribution is 5.67. The first-order chi connectivity index (χ1) is 11.4. The van der Waals surface area contributed by atoms with E-state index in [9.17, 15) is 14.7 Å². The minimum Gasteiger partial charge on any atom is -0.455 e. The molecular formula is C17H22O7. The molecule has 1 aromatic carbocycles. The van der Waals surface area contributed by atoms with Crippen molar-refractivity contribution in [3.05, 3.63) is 35.9 Å². The van der Waals surface area contributed by atoms with Gasteiger partial charge in [-0.3, -0.25) is 9.59 Å². The van der Waals surface area contributed by atoms with Crippen LogP contribution in [0.3, 0.4) is 0 Å². The summed E-state index contributed by atoms with van der Waals surface area (Å²) in [7, 11) is 0. The van der Waals surface area contributed by atoms with Gasteiger partial charge in [0.15, 0.2) is 18.5 Å². The molecule has 7 heteroatoms. The van der Waals surface area contributed by atoms with Crippen LogP contribution in [-0.2, 0) is 35.1 Å². The van der Waals surface area contributed by atoms with E-state index in [0.29, 0.717) is 0 Å². The van der Waals surface area contributed by atoms with Gasteiger partial charge in [-0.1, -0.05) is 30.3 Å². The normalized spacial score (nSPS) is 29.8. The molecule has 1 saturated heterocycles. The lowest BCUT2D eigenvalue weighted by molar-refractivity contribution is -0.301. The van der Waals surface area contributed by atoms with Gasteiger partial charge >= 0.3 is 11.9 Å². The molecule has 1 aliphatic rings. The van der Waals surface area contributed by atoms with Gasteiger partial charge in [-0.2, -0.15) is 0 Å². The number of carbonyl (C=O) groups is 2. The fourth-order valence-electron chi connectivity index (χ4n) is 2.52. The van der Waals surface area contributed by atoms with Crippen molar-refractivity contribution in [2.75, 3.05) is 0 Å². The maximum atomic E-state index is 11.4. The zero-order chi connectivity index (χ0) is 17.7. The maximum Gasteiger partial charge on any atom is 0.303 e. The van der Waals surface area contributed by atoms with E-state index in [1.807, 2.05) is 30.3 Å². The van der Waals surface area contributed by atoms with Crippen LogP contribution in [0, 0.1) is 0 Å². The molecule has 0 spiro atoms. The van der Waals surface area contributed by atoms with Gasteiger partial charge in [0.05, 0.1) is 12.7 Å². The van der Waals surface area contributed by atoms with Crippen molar-refractivity contribution in [1.82, 2.24) is 0 Å². The third-order valence-corrected chi connectivity index (χ3v) is 3.62. The number of esters is 2. The molecule has 0 unspecified atom stereocenters. The van der Waals surface area contributed by atoms with Crippen LogP contribution in [0.4, 0.5) is 0 Å². The number of carbonyl (C=O) groups excluding carboxylic acids is 2. The highest BCUT2D eigenvalue weighted by Gasteiger charge is 2.48. The van der Waals surface area contributed by atoms with Gasteiger partial charge in [0, 0.05) is 13.8 Å². The van der Waals surface area contributed by atoms with Gasteiger partial charge in [0.2, 0.25) is 0 Å². The number of hydrogen-bond donors (Lipinski definition) is 1. The second kappa shape index (κ2) is 8.23. The summed E-state index contributed by atoms with van der Waals surface area (Å²) in [4.78, 5) is 22.7. The molecule has 1 aliphatic heterocycles. The summed E-state index contributed by atoms with van der Waals surface area (Å²) in [5, 5.41) is 10.2. The highest BCUT2D eigenvalue weighted by Crippen LogP contribution is 2.27. The molecule has 1 fully saturated rings. The summed E-state index contributed by atoms with van der Waals surface area (Å²) >= 11 is 0. The second-order valence-corrected chi connectivity index (χ2v) is 5.64. The SMILES string of the molecule is CC(=O)O[C@@H]1[C@@H](O)[C@H](C)O[C@@H](OCc2ccccc2)[C@@H]1OC(C)=O. The van der Waals surface area contributed by atoms with Crippen molar-refractivity contribution in [2.24, 2.45) is 0 Å². The molecule has 1 heterocycles. The van der Waals surface area contributed by atoms with E-state index < -0.39 is 42.6 Å². The molecule has 0 aliphatic carbocycles. The third-order valence-electron chi connectivity index (χ3n) is 3.62. The van der Waals surface area contributed by atoms with E-state index in [2.05, 4.69) is 0 Å².